The van der Waals surface area contributed by atoms with Gasteiger partial charge in [-0.05, 0) is 47.0 Å². The van der Waals surface area contributed by atoms with Crippen molar-refractivity contribution in [3.63, 3.8) is 0 Å². The van der Waals surface area contributed by atoms with Crippen LogP contribution >= 0.6 is 0 Å². The standard InChI is InChI=1S/C24H21FN2O/c1-3-6-20(18-9-11-21(25)12-10-18)16-27(2)24(28)23-14-17(15-26)13-19-7-4-5-8-22(19)23/h3-5,7-14,20H,1,6,16H2,2H3/t20-/m1/s1. The van der Waals surface area contributed by atoms with Crippen molar-refractivity contribution in [1.82, 2.24) is 4.90 Å². The summed E-state index contributed by atoms with van der Waals surface area (Å²) in [4.78, 5) is 14.8. The molecule has 0 unspecified atom stereocenters. The van der Waals surface area contributed by atoms with Gasteiger partial charge in [0.1, 0.15) is 5.82 Å². The molecule has 0 saturated heterocycles. The number of halogens is 1. The van der Waals surface area contributed by atoms with Crippen LogP contribution in [0.2, 0.25) is 0 Å². The van der Waals surface area contributed by atoms with Crippen molar-refractivity contribution >= 4 is 16.7 Å². The van der Waals surface area contributed by atoms with E-state index in [1.165, 1.54) is 12.1 Å². The fraction of sp³-hybridized carbons (Fsp3) is 0.167. The van der Waals surface area contributed by atoms with Crippen molar-refractivity contribution in [2.24, 2.45) is 0 Å². The van der Waals surface area contributed by atoms with Gasteiger partial charge in [-0.25, -0.2) is 4.39 Å². The highest BCUT2D eigenvalue weighted by Crippen LogP contribution is 2.25. The predicted octanol–water partition coefficient (Wildman–Crippen LogP) is 5.28. The van der Waals surface area contributed by atoms with E-state index in [1.54, 1.807) is 42.3 Å². The molecule has 3 rings (SSSR count). The highest BCUT2D eigenvalue weighted by atomic mass is 19.1. The van der Waals surface area contributed by atoms with Gasteiger partial charge in [0.15, 0.2) is 0 Å². The molecular weight excluding hydrogens is 351 g/mol. The number of rotatable bonds is 6. The minimum atomic E-state index is -0.287. The van der Waals surface area contributed by atoms with Gasteiger partial charge in [-0.15, -0.1) is 6.58 Å². The molecule has 3 aromatic rings. The summed E-state index contributed by atoms with van der Waals surface area (Å²) in [5.74, 6) is -0.424. The van der Waals surface area contributed by atoms with Crippen LogP contribution in [0.25, 0.3) is 10.8 Å². The summed E-state index contributed by atoms with van der Waals surface area (Å²) in [5, 5.41) is 11.0. The van der Waals surface area contributed by atoms with Gasteiger partial charge in [0.2, 0.25) is 0 Å². The number of benzene rings is 3. The van der Waals surface area contributed by atoms with Crippen LogP contribution in [-0.4, -0.2) is 24.4 Å². The topological polar surface area (TPSA) is 44.1 Å². The van der Waals surface area contributed by atoms with Crippen LogP contribution in [0.3, 0.4) is 0 Å². The molecule has 140 valence electrons. The minimum absolute atomic E-state index is 0.0115. The number of nitrogens with zero attached hydrogens (tertiary/aromatic N) is 2. The fourth-order valence-corrected chi connectivity index (χ4v) is 3.42. The summed E-state index contributed by atoms with van der Waals surface area (Å²) < 4.78 is 13.3. The molecule has 3 nitrogen and oxygen atoms in total. The van der Waals surface area contributed by atoms with E-state index in [-0.39, 0.29) is 17.6 Å². The zero-order valence-electron chi connectivity index (χ0n) is 15.7. The molecule has 3 aromatic carbocycles. The van der Waals surface area contributed by atoms with Gasteiger partial charge >= 0.3 is 0 Å². The van der Waals surface area contributed by atoms with Crippen LogP contribution in [0, 0.1) is 17.1 Å². The van der Waals surface area contributed by atoms with E-state index in [9.17, 15) is 14.4 Å². The molecule has 0 aromatic heterocycles. The number of allylic oxidation sites excluding steroid dienone is 1. The molecule has 0 bridgehead atoms. The molecule has 0 aliphatic rings. The van der Waals surface area contributed by atoms with E-state index in [1.807, 2.05) is 24.3 Å². The Bertz CT molecular complexity index is 1050. The first kappa shape index (κ1) is 19.3. The zero-order valence-corrected chi connectivity index (χ0v) is 15.7. The lowest BCUT2D eigenvalue weighted by atomic mass is 9.94. The van der Waals surface area contributed by atoms with Gasteiger partial charge in [0, 0.05) is 25.1 Å². The maximum absolute atomic E-state index is 13.3. The van der Waals surface area contributed by atoms with E-state index < -0.39 is 0 Å². The number of carbonyl (C=O) groups is 1. The molecule has 0 aliphatic carbocycles. The summed E-state index contributed by atoms with van der Waals surface area (Å²) in [6.07, 6.45) is 2.47. The summed E-state index contributed by atoms with van der Waals surface area (Å²) in [6.45, 7) is 4.26. The summed E-state index contributed by atoms with van der Waals surface area (Å²) in [6, 6.07) is 19.4. The first-order valence-corrected chi connectivity index (χ1v) is 9.08. The average Bonchev–Trinajstić information content (AvgIpc) is 2.72. The highest BCUT2D eigenvalue weighted by molar-refractivity contribution is 6.07. The molecule has 0 fully saturated rings. The fourth-order valence-electron chi connectivity index (χ4n) is 3.42. The monoisotopic (exact) mass is 372 g/mol. The van der Waals surface area contributed by atoms with Crippen molar-refractivity contribution in [1.29, 1.82) is 5.26 Å². The first-order valence-electron chi connectivity index (χ1n) is 9.08. The van der Waals surface area contributed by atoms with Gasteiger partial charge in [0.25, 0.3) is 5.91 Å². The number of amides is 1. The van der Waals surface area contributed by atoms with E-state index >= 15 is 0 Å². The van der Waals surface area contributed by atoms with Gasteiger partial charge < -0.3 is 4.90 Å². The molecule has 1 amide bonds. The second-order valence-electron chi connectivity index (χ2n) is 6.82. The molecular formula is C24H21FN2O. The SMILES string of the molecule is C=CC[C@H](CN(C)C(=O)c1cc(C#N)cc2ccccc12)c1ccc(F)cc1. The smallest absolute Gasteiger partial charge is 0.254 e. The van der Waals surface area contributed by atoms with Crippen molar-refractivity contribution in [3.8, 4) is 6.07 Å². The van der Waals surface area contributed by atoms with E-state index in [2.05, 4.69) is 12.6 Å². The Hall–Kier alpha value is -3.45. The highest BCUT2D eigenvalue weighted by Gasteiger charge is 2.20. The minimum Gasteiger partial charge on any atom is -0.341 e. The summed E-state index contributed by atoms with van der Waals surface area (Å²) in [5.41, 5.74) is 1.92. The Balaban J connectivity index is 1.91. The molecule has 0 N–H and O–H groups in total. The zero-order chi connectivity index (χ0) is 20.1. The Morgan fingerprint density at radius 2 is 1.93 bits per heavy atom. The number of hydrogen-bond acceptors (Lipinski definition) is 2. The Labute approximate surface area is 164 Å². The molecule has 0 spiro atoms. The van der Waals surface area contributed by atoms with Gasteiger partial charge in [0.05, 0.1) is 11.6 Å². The maximum Gasteiger partial charge on any atom is 0.254 e. The van der Waals surface area contributed by atoms with Gasteiger partial charge in [-0.1, -0.05) is 42.5 Å². The Morgan fingerprint density at radius 1 is 1.21 bits per heavy atom. The second-order valence-corrected chi connectivity index (χ2v) is 6.82. The lowest BCUT2D eigenvalue weighted by Gasteiger charge is -2.24. The maximum atomic E-state index is 13.3. The number of nitriles is 1. The van der Waals surface area contributed by atoms with Gasteiger partial charge in [-0.2, -0.15) is 5.26 Å². The third-order valence-electron chi connectivity index (χ3n) is 4.85. The van der Waals surface area contributed by atoms with Crippen LogP contribution in [0.15, 0.2) is 73.3 Å². The number of likely N-dealkylation sites (N-methyl/N-ethyl adjacent to an activating group) is 1. The quantitative estimate of drug-likeness (QED) is 0.552. The van der Waals surface area contributed by atoms with Crippen LogP contribution in [0.5, 0.6) is 0 Å². The van der Waals surface area contributed by atoms with Crippen LogP contribution in [0.4, 0.5) is 4.39 Å². The third-order valence-corrected chi connectivity index (χ3v) is 4.85. The molecule has 0 heterocycles. The average molecular weight is 372 g/mol. The van der Waals surface area contributed by atoms with E-state index in [4.69, 9.17) is 0 Å². The lowest BCUT2D eigenvalue weighted by molar-refractivity contribution is 0.0788. The third kappa shape index (κ3) is 4.10. The second kappa shape index (κ2) is 8.49. The summed E-state index contributed by atoms with van der Waals surface area (Å²) >= 11 is 0. The predicted molar refractivity (Wildman–Crippen MR) is 110 cm³/mol. The molecule has 0 aliphatic heterocycles. The largest absolute Gasteiger partial charge is 0.341 e. The van der Waals surface area contributed by atoms with Crippen LogP contribution in [0.1, 0.15) is 33.8 Å². The van der Waals surface area contributed by atoms with Crippen molar-refractivity contribution in [2.75, 3.05) is 13.6 Å². The Kier molecular flexibility index (Phi) is 5.86. The molecule has 0 radical (unpaired) electrons. The van der Waals surface area contributed by atoms with Crippen molar-refractivity contribution in [3.05, 3.63) is 95.8 Å². The van der Waals surface area contributed by atoms with Gasteiger partial charge in [-0.3, -0.25) is 4.79 Å². The number of carbonyl (C=O) groups excluding carboxylic acids is 1. The lowest BCUT2D eigenvalue weighted by Crippen LogP contribution is -2.31. The van der Waals surface area contributed by atoms with Crippen LogP contribution < -0.4 is 0 Å². The van der Waals surface area contributed by atoms with Crippen LogP contribution in [-0.2, 0) is 0 Å². The van der Waals surface area contributed by atoms with Crippen molar-refractivity contribution < 1.29 is 9.18 Å². The Morgan fingerprint density at radius 3 is 2.61 bits per heavy atom. The summed E-state index contributed by atoms with van der Waals surface area (Å²) in [7, 11) is 1.75. The molecule has 4 heteroatoms. The molecule has 28 heavy (non-hydrogen) atoms. The number of fused-ring (bicyclic) bond motifs is 1. The van der Waals surface area contributed by atoms with Crippen molar-refractivity contribution in [2.45, 2.75) is 12.3 Å². The van der Waals surface area contributed by atoms with E-state index in [0.717, 1.165) is 16.3 Å². The van der Waals surface area contributed by atoms with E-state index in [0.29, 0.717) is 24.1 Å². The molecule has 1 atom stereocenters. The normalized spacial score (nSPS) is 11.6. The molecule has 0 saturated carbocycles. The first-order chi connectivity index (χ1) is 13.5. The number of hydrogen-bond donors (Lipinski definition) is 0.